The van der Waals surface area contributed by atoms with Gasteiger partial charge < -0.3 is 4.74 Å². The fourth-order valence-electron chi connectivity index (χ4n) is 6.97. The van der Waals surface area contributed by atoms with Crippen molar-refractivity contribution in [2.24, 2.45) is 5.92 Å². The summed E-state index contributed by atoms with van der Waals surface area (Å²) in [5.74, 6) is 0.908. The van der Waals surface area contributed by atoms with Crippen LogP contribution in [0.3, 0.4) is 0 Å². The van der Waals surface area contributed by atoms with Crippen LogP contribution in [0.2, 0.25) is 0 Å². The Bertz CT molecular complexity index is 624. The van der Waals surface area contributed by atoms with E-state index < -0.39 is 0 Å². The molecule has 0 aliphatic heterocycles. The van der Waals surface area contributed by atoms with E-state index in [1.165, 1.54) is 225 Å². The molecule has 0 aromatic heterocycles. The van der Waals surface area contributed by atoms with Gasteiger partial charge in [0.1, 0.15) is 0 Å². The van der Waals surface area contributed by atoms with E-state index >= 15 is 0 Å². The predicted octanol–water partition coefficient (Wildman–Crippen LogP) is 16.6. The Morgan fingerprint density at radius 2 is 0.729 bits per heavy atom. The lowest BCUT2D eigenvalue weighted by Crippen LogP contribution is -2.05. The van der Waals surface area contributed by atoms with Crippen LogP contribution in [-0.4, -0.2) is 12.6 Å². The molecule has 0 unspecified atom stereocenters. The van der Waals surface area contributed by atoms with E-state index in [0.29, 0.717) is 13.0 Å². The van der Waals surface area contributed by atoms with Crippen molar-refractivity contribution in [2.45, 2.75) is 265 Å². The number of unbranched alkanes of at least 4 members (excludes halogenated alkanes) is 33. The van der Waals surface area contributed by atoms with E-state index in [0.717, 1.165) is 18.8 Å². The summed E-state index contributed by atoms with van der Waals surface area (Å²) in [6, 6.07) is 0. The SMILES string of the molecule is CCCCCCCCC=CCCCCCCCCCCCCCC(=O)OCCCCCCCCCCCCCCCCCCCC(C)C. The average molecular weight is 675 g/mol. The van der Waals surface area contributed by atoms with E-state index in [2.05, 4.69) is 32.9 Å². The second-order valence-electron chi connectivity index (χ2n) is 15.9. The second-order valence-corrected chi connectivity index (χ2v) is 15.9. The highest BCUT2D eigenvalue weighted by molar-refractivity contribution is 5.69. The summed E-state index contributed by atoms with van der Waals surface area (Å²) in [4.78, 5) is 12.0. The number of carbonyl (C=O) groups excluding carboxylic acids is 1. The van der Waals surface area contributed by atoms with Crippen molar-refractivity contribution in [3.8, 4) is 0 Å². The fraction of sp³-hybridized carbons (Fsp3) is 0.935. The Morgan fingerprint density at radius 3 is 1.10 bits per heavy atom. The Balaban J connectivity index is 3.17. The molecule has 286 valence electrons. The summed E-state index contributed by atoms with van der Waals surface area (Å²) in [6.07, 6.45) is 56.0. The molecule has 0 radical (unpaired) electrons. The van der Waals surface area contributed by atoms with Crippen molar-refractivity contribution >= 4 is 5.97 Å². The molecule has 0 rings (SSSR count). The number of hydrogen-bond acceptors (Lipinski definition) is 2. The van der Waals surface area contributed by atoms with Crippen LogP contribution in [0.15, 0.2) is 12.2 Å². The summed E-state index contributed by atoms with van der Waals surface area (Å²) in [5.41, 5.74) is 0. The first-order valence-corrected chi connectivity index (χ1v) is 22.5. The minimum atomic E-state index is 0.0281. The van der Waals surface area contributed by atoms with Gasteiger partial charge in [-0.2, -0.15) is 0 Å². The summed E-state index contributed by atoms with van der Waals surface area (Å²) in [7, 11) is 0. The van der Waals surface area contributed by atoms with Gasteiger partial charge in [0.25, 0.3) is 0 Å². The molecule has 0 saturated carbocycles. The highest BCUT2D eigenvalue weighted by atomic mass is 16.5. The Morgan fingerprint density at radius 1 is 0.417 bits per heavy atom. The smallest absolute Gasteiger partial charge is 0.305 e. The van der Waals surface area contributed by atoms with Crippen LogP contribution in [0.25, 0.3) is 0 Å². The van der Waals surface area contributed by atoms with Gasteiger partial charge in [-0.05, 0) is 44.4 Å². The van der Waals surface area contributed by atoms with Crippen LogP contribution in [0.5, 0.6) is 0 Å². The molecule has 0 spiro atoms. The average Bonchev–Trinajstić information content (AvgIpc) is 3.08. The molecule has 0 bridgehead atoms. The molecular formula is C46H90O2. The minimum Gasteiger partial charge on any atom is -0.466 e. The van der Waals surface area contributed by atoms with Gasteiger partial charge in [-0.25, -0.2) is 0 Å². The van der Waals surface area contributed by atoms with Crippen molar-refractivity contribution in [1.82, 2.24) is 0 Å². The third-order valence-electron chi connectivity index (χ3n) is 10.3. The lowest BCUT2D eigenvalue weighted by atomic mass is 10.0. The lowest BCUT2D eigenvalue weighted by Gasteiger charge is -2.06. The van der Waals surface area contributed by atoms with Gasteiger partial charge in [-0.15, -0.1) is 0 Å². The van der Waals surface area contributed by atoms with Crippen molar-refractivity contribution < 1.29 is 9.53 Å². The third-order valence-corrected chi connectivity index (χ3v) is 10.3. The first-order chi connectivity index (χ1) is 23.7. The largest absolute Gasteiger partial charge is 0.466 e. The number of hydrogen-bond donors (Lipinski definition) is 0. The maximum Gasteiger partial charge on any atom is 0.305 e. The molecule has 0 aromatic carbocycles. The Hall–Kier alpha value is -0.790. The Kier molecular flexibility index (Phi) is 41.7. The summed E-state index contributed by atoms with van der Waals surface area (Å²) >= 11 is 0. The zero-order valence-corrected chi connectivity index (χ0v) is 33.6. The van der Waals surface area contributed by atoms with Gasteiger partial charge in [0.05, 0.1) is 6.61 Å². The van der Waals surface area contributed by atoms with Crippen LogP contribution < -0.4 is 0 Å². The standard InChI is InChI=1S/C46H90O2/c1-4-5-6-7-8-9-10-11-12-13-14-15-16-19-22-25-28-31-34-37-40-43-46(47)48-44-41-38-35-32-29-26-23-20-17-18-21-24-27-30-33-36-39-42-45(2)3/h11-12,45H,4-10,13-44H2,1-3H3. The molecule has 0 aliphatic carbocycles. The molecular weight excluding hydrogens is 585 g/mol. The summed E-state index contributed by atoms with van der Waals surface area (Å²) in [5, 5.41) is 0. The van der Waals surface area contributed by atoms with E-state index in [4.69, 9.17) is 4.74 Å². The molecule has 0 atom stereocenters. The quantitative estimate of drug-likeness (QED) is 0.0366. The summed E-state index contributed by atoms with van der Waals surface area (Å²) < 4.78 is 5.48. The van der Waals surface area contributed by atoms with Crippen molar-refractivity contribution in [1.29, 1.82) is 0 Å². The number of allylic oxidation sites excluding steroid dienone is 2. The third kappa shape index (κ3) is 43.2. The summed E-state index contributed by atoms with van der Waals surface area (Å²) in [6.45, 7) is 7.60. The topological polar surface area (TPSA) is 26.3 Å². The van der Waals surface area contributed by atoms with Crippen molar-refractivity contribution in [3.63, 3.8) is 0 Å². The van der Waals surface area contributed by atoms with E-state index in [-0.39, 0.29) is 5.97 Å². The van der Waals surface area contributed by atoms with Gasteiger partial charge >= 0.3 is 5.97 Å². The molecule has 0 amide bonds. The van der Waals surface area contributed by atoms with Crippen LogP contribution in [0.1, 0.15) is 265 Å². The minimum absolute atomic E-state index is 0.0281. The van der Waals surface area contributed by atoms with Gasteiger partial charge in [-0.1, -0.05) is 232 Å². The second kappa shape index (κ2) is 42.4. The van der Waals surface area contributed by atoms with Gasteiger partial charge in [0.2, 0.25) is 0 Å². The van der Waals surface area contributed by atoms with Crippen LogP contribution in [0, 0.1) is 5.92 Å². The van der Waals surface area contributed by atoms with Crippen LogP contribution in [0.4, 0.5) is 0 Å². The predicted molar refractivity (Wildman–Crippen MR) is 216 cm³/mol. The highest BCUT2D eigenvalue weighted by Gasteiger charge is 2.03. The zero-order chi connectivity index (χ0) is 34.9. The van der Waals surface area contributed by atoms with Gasteiger partial charge in [0, 0.05) is 6.42 Å². The molecule has 0 fully saturated rings. The van der Waals surface area contributed by atoms with E-state index in [1.54, 1.807) is 0 Å². The monoisotopic (exact) mass is 675 g/mol. The molecule has 2 nitrogen and oxygen atoms in total. The van der Waals surface area contributed by atoms with E-state index in [9.17, 15) is 4.79 Å². The first kappa shape index (κ1) is 47.2. The van der Waals surface area contributed by atoms with Crippen molar-refractivity contribution in [2.75, 3.05) is 6.61 Å². The van der Waals surface area contributed by atoms with Gasteiger partial charge in [0.15, 0.2) is 0 Å². The molecule has 0 saturated heterocycles. The molecule has 0 N–H and O–H groups in total. The van der Waals surface area contributed by atoms with Gasteiger partial charge in [-0.3, -0.25) is 4.79 Å². The molecule has 0 heterocycles. The number of carbonyl (C=O) groups is 1. The molecule has 48 heavy (non-hydrogen) atoms. The zero-order valence-electron chi connectivity index (χ0n) is 33.6. The maximum atomic E-state index is 12.0. The number of ether oxygens (including phenoxy) is 1. The Labute approximate surface area is 304 Å². The number of esters is 1. The van der Waals surface area contributed by atoms with Crippen LogP contribution >= 0.6 is 0 Å². The number of rotatable bonds is 41. The lowest BCUT2D eigenvalue weighted by molar-refractivity contribution is -0.143. The molecule has 0 aliphatic rings. The first-order valence-electron chi connectivity index (χ1n) is 22.5. The maximum absolute atomic E-state index is 12.0. The normalized spacial score (nSPS) is 11.8. The highest BCUT2D eigenvalue weighted by Crippen LogP contribution is 2.16. The molecule has 0 aromatic rings. The fourth-order valence-corrected chi connectivity index (χ4v) is 6.97. The van der Waals surface area contributed by atoms with E-state index in [1.807, 2.05) is 0 Å². The van der Waals surface area contributed by atoms with Crippen LogP contribution in [-0.2, 0) is 9.53 Å². The molecule has 2 heteroatoms. The van der Waals surface area contributed by atoms with Crippen molar-refractivity contribution in [3.05, 3.63) is 12.2 Å².